The molecule has 4 aromatic rings. The van der Waals surface area contributed by atoms with Gasteiger partial charge in [0.05, 0.1) is 11.3 Å². The lowest BCUT2D eigenvalue weighted by Crippen LogP contribution is -1.96. The fourth-order valence-electron chi connectivity index (χ4n) is 3.39. The number of nitriles is 1. The van der Waals surface area contributed by atoms with Gasteiger partial charge in [-0.05, 0) is 35.7 Å². The number of hydrogen-bond donors (Lipinski definition) is 0. The van der Waals surface area contributed by atoms with Crippen molar-refractivity contribution in [2.75, 3.05) is 0 Å². The summed E-state index contributed by atoms with van der Waals surface area (Å²) in [5, 5.41) is 10.1. The molecule has 0 aliphatic rings. The van der Waals surface area contributed by atoms with Gasteiger partial charge in [-0.1, -0.05) is 78.9 Å². The van der Waals surface area contributed by atoms with E-state index in [2.05, 4.69) is 41.4 Å². The van der Waals surface area contributed by atoms with Crippen LogP contribution in [0, 0.1) is 18.3 Å². The van der Waals surface area contributed by atoms with Crippen molar-refractivity contribution in [1.29, 1.82) is 5.26 Å². The van der Waals surface area contributed by atoms with Crippen LogP contribution in [-0.2, 0) is 0 Å². The molecule has 2 heteroatoms. The second-order valence-electron chi connectivity index (χ2n) is 6.42. The quantitative estimate of drug-likeness (QED) is 0.439. The SMILES string of the molecule is Cc1cccc(-c2ccc(-c3ccccc3)c(-c3ccccc3)c2C#N)n1. The highest BCUT2D eigenvalue weighted by Gasteiger charge is 2.17. The lowest BCUT2D eigenvalue weighted by atomic mass is 9.87. The van der Waals surface area contributed by atoms with Crippen LogP contribution in [0.5, 0.6) is 0 Å². The molecule has 0 bridgehead atoms. The van der Waals surface area contributed by atoms with Gasteiger partial charge in [-0.2, -0.15) is 5.26 Å². The molecule has 4 rings (SSSR count). The maximum absolute atomic E-state index is 10.1. The van der Waals surface area contributed by atoms with Gasteiger partial charge in [0.2, 0.25) is 0 Å². The van der Waals surface area contributed by atoms with E-state index in [4.69, 9.17) is 0 Å². The van der Waals surface area contributed by atoms with Crippen molar-refractivity contribution in [3.05, 3.63) is 102 Å². The van der Waals surface area contributed by atoms with Gasteiger partial charge < -0.3 is 0 Å². The van der Waals surface area contributed by atoms with Crippen molar-refractivity contribution >= 4 is 0 Å². The topological polar surface area (TPSA) is 36.7 Å². The van der Waals surface area contributed by atoms with Crippen molar-refractivity contribution in [3.63, 3.8) is 0 Å². The maximum atomic E-state index is 10.1. The Bertz CT molecular complexity index is 1120. The number of hydrogen-bond acceptors (Lipinski definition) is 2. The fraction of sp³-hybridized carbons (Fsp3) is 0.0400. The number of aromatic nitrogens is 1. The molecule has 0 N–H and O–H groups in total. The van der Waals surface area contributed by atoms with Crippen molar-refractivity contribution < 1.29 is 0 Å². The maximum Gasteiger partial charge on any atom is 0.101 e. The zero-order chi connectivity index (χ0) is 18.6. The smallest absolute Gasteiger partial charge is 0.101 e. The highest BCUT2D eigenvalue weighted by Crippen LogP contribution is 2.39. The third-order valence-corrected chi connectivity index (χ3v) is 4.63. The third-order valence-electron chi connectivity index (χ3n) is 4.63. The van der Waals surface area contributed by atoms with E-state index in [1.165, 1.54) is 0 Å². The van der Waals surface area contributed by atoms with Gasteiger partial charge in [-0.15, -0.1) is 0 Å². The average molecular weight is 346 g/mol. The predicted molar refractivity (Wildman–Crippen MR) is 110 cm³/mol. The van der Waals surface area contributed by atoms with Crippen LogP contribution in [0.3, 0.4) is 0 Å². The molecule has 0 radical (unpaired) electrons. The minimum atomic E-state index is 0.653. The predicted octanol–water partition coefficient (Wildman–Crippen LogP) is 6.26. The van der Waals surface area contributed by atoms with Crippen LogP contribution in [0.15, 0.2) is 91.0 Å². The molecular weight excluding hydrogens is 328 g/mol. The van der Waals surface area contributed by atoms with Gasteiger partial charge in [0.15, 0.2) is 0 Å². The molecule has 27 heavy (non-hydrogen) atoms. The Morgan fingerprint density at radius 3 is 1.93 bits per heavy atom. The van der Waals surface area contributed by atoms with Crippen molar-refractivity contribution in [2.45, 2.75) is 6.92 Å². The second kappa shape index (κ2) is 7.27. The molecule has 0 saturated heterocycles. The zero-order valence-electron chi connectivity index (χ0n) is 15.1. The molecule has 3 aromatic carbocycles. The van der Waals surface area contributed by atoms with Crippen LogP contribution in [0.2, 0.25) is 0 Å². The van der Waals surface area contributed by atoms with Crippen molar-refractivity contribution in [3.8, 4) is 39.6 Å². The van der Waals surface area contributed by atoms with Crippen LogP contribution < -0.4 is 0 Å². The zero-order valence-corrected chi connectivity index (χ0v) is 15.1. The van der Waals surface area contributed by atoms with Gasteiger partial charge >= 0.3 is 0 Å². The van der Waals surface area contributed by atoms with Gasteiger partial charge in [0, 0.05) is 16.8 Å². The molecule has 0 atom stereocenters. The van der Waals surface area contributed by atoms with Crippen molar-refractivity contribution in [2.24, 2.45) is 0 Å². The summed E-state index contributed by atoms with van der Waals surface area (Å²) in [5.74, 6) is 0. The third kappa shape index (κ3) is 3.23. The largest absolute Gasteiger partial charge is 0.253 e. The number of rotatable bonds is 3. The lowest BCUT2D eigenvalue weighted by Gasteiger charge is -2.16. The molecule has 0 saturated carbocycles. The first-order chi connectivity index (χ1) is 13.3. The molecule has 128 valence electrons. The molecule has 1 heterocycles. The molecule has 0 fully saturated rings. The first-order valence-corrected chi connectivity index (χ1v) is 8.90. The monoisotopic (exact) mass is 346 g/mol. The Kier molecular flexibility index (Phi) is 4.51. The highest BCUT2D eigenvalue weighted by molar-refractivity contribution is 5.92. The summed E-state index contributed by atoms with van der Waals surface area (Å²) in [6.07, 6.45) is 0. The van der Waals surface area contributed by atoms with Crippen molar-refractivity contribution in [1.82, 2.24) is 4.98 Å². The van der Waals surface area contributed by atoms with E-state index >= 15 is 0 Å². The summed E-state index contributed by atoms with van der Waals surface area (Å²) in [6.45, 7) is 1.96. The van der Waals surface area contributed by atoms with Crippen LogP contribution >= 0.6 is 0 Å². The van der Waals surface area contributed by atoms with Gasteiger partial charge in [-0.3, -0.25) is 4.98 Å². The fourth-order valence-corrected chi connectivity index (χ4v) is 3.39. The Morgan fingerprint density at radius 2 is 1.30 bits per heavy atom. The molecule has 1 aromatic heterocycles. The standard InChI is InChI=1S/C25H18N2/c1-18-9-8-14-24(27-18)22-16-15-21(19-10-4-2-5-11-19)25(23(22)17-26)20-12-6-3-7-13-20/h2-16H,1H3. The Labute approximate surface area is 159 Å². The summed E-state index contributed by atoms with van der Waals surface area (Å²) in [4.78, 5) is 4.64. The Hall–Kier alpha value is -3.70. The summed E-state index contributed by atoms with van der Waals surface area (Å²) >= 11 is 0. The van der Waals surface area contributed by atoms with Crippen LogP contribution in [-0.4, -0.2) is 4.98 Å². The molecule has 0 aliphatic heterocycles. The Morgan fingerprint density at radius 1 is 0.667 bits per heavy atom. The number of benzene rings is 3. The summed E-state index contributed by atoms with van der Waals surface area (Å²) < 4.78 is 0. The van der Waals surface area contributed by atoms with E-state index in [1.54, 1.807) is 0 Å². The van der Waals surface area contributed by atoms with E-state index in [0.29, 0.717) is 5.56 Å². The minimum Gasteiger partial charge on any atom is -0.253 e. The Balaban J connectivity index is 2.05. The van der Waals surface area contributed by atoms with E-state index in [0.717, 1.165) is 39.2 Å². The van der Waals surface area contributed by atoms with Gasteiger partial charge in [0.1, 0.15) is 6.07 Å². The minimum absolute atomic E-state index is 0.653. The number of nitrogens with zero attached hydrogens (tertiary/aromatic N) is 2. The first kappa shape index (κ1) is 16.8. The van der Waals surface area contributed by atoms with Crippen LogP contribution in [0.4, 0.5) is 0 Å². The molecule has 0 unspecified atom stereocenters. The molecule has 0 aliphatic carbocycles. The number of aryl methyl sites for hydroxylation is 1. The van der Waals surface area contributed by atoms with E-state index in [9.17, 15) is 5.26 Å². The van der Waals surface area contributed by atoms with Crippen LogP contribution in [0.1, 0.15) is 11.3 Å². The lowest BCUT2D eigenvalue weighted by molar-refractivity contribution is 1.20. The van der Waals surface area contributed by atoms with Gasteiger partial charge in [0.25, 0.3) is 0 Å². The molecule has 2 nitrogen and oxygen atoms in total. The first-order valence-electron chi connectivity index (χ1n) is 8.90. The summed E-state index contributed by atoms with van der Waals surface area (Å²) in [7, 11) is 0. The summed E-state index contributed by atoms with van der Waals surface area (Å²) in [6, 6.07) is 32.8. The van der Waals surface area contributed by atoms with E-state index in [1.807, 2.05) is 67.6 Å². The number of pyridine rings is 1. The van der Waals surface area contributed by atoms with E-state index in [-0.39, 0.29) is 0 Å². The molecular formula is C25H18N2. The highest BCUT2D eigenvalue weighted by atomic mass is 14.7. The normalized spacial score (nSPS) is 10.4. The van der Waals surface area contributed by atoms with E-state index < -0.39 is 0 Å². The molecule has 0 spiro atoms. The van der Waals surface area contributed by atoms with Crippen LogP contribution in [0.25, 0.3) is 33.5 Å². The summed E-state index contributed by atoms with van der Waals surface area (Å²) in [5.41, 5.74) is 7.40. The average Bonchev–Trinajstić information content (AvgIpc) is 2.74. The second-order valence-corrected chi connectivity index (χ2v) is 6.42. The van der Waals surface area contributed by atoms with Gasteiger partial charge in [-0.25, -0.2) is 0 Å². The molecule has 0 amide bonds.